The quantitative estimate of drug-likeness (QED) is 0.536. The van der Waals surface area contributed by atoms with E-state index in [2.05, 4.69) is 12.2 Å². The summed E-state index contributed by atoms with van der Waals surface area (Å²) >= 11 is 0. The molecule has 2 aromatic carbocycles. The molecular formula is C21H21NO6. The maximum absolute atomic E-state index is 12.4. The Bertz CT molecular complexity index is 888. The van der Waals surface area contributed by atoms with Gasteiger partial charge in [0.05, 0.1) is 6.61 Å². The summed E-state index contributed by atoms with van der Waals surface area (Å²) in [4.78, 5) is 24.0. The van der Waals surface area contributed by atoms with Crippen LogP contribution in [0.25, 0.3) is 6.08 Å². The van der Waals surface area contributed by atoms with Gasteiger partial charge in [-0.1, -0.05) is 19.4 Å². The van der Waals surface area contributed by atoms with Gasteiger partial charge in [-0.05, 0) is 54.5 Å². The molecule has 0 saturated heterocycles. The van der Waals surface area contributed by atoms with E-state index in [4.69, 9.17) is 14.2 Å². The van der Waals surface area contributed by atoms with Crippen molar-refractivity contribution in [3.05, 3.63) is 59.3 Å². The predicted molar refractivity (Wildman–Crippen MR) is 102 cm³/mol. The summed E-state index contributed by atoms with van der Waals surface area (Å²) in [6.07, 6.45) is 3.35. The zero-order chi connectivity index (χ0) is 19.9. The molecule has 0 spiro atoms. The molecule has 0 aliphatic carbocycles. The predicted octanol–water partition coefficient (Wildman–Crippen LogP) is 3.45. The number of fused-ring (bicyclic) bond motifs is 1. The molecule has 0 bridgehead atoms. The van der Waals surface area contributed by atoms with Gasteiger partial charge in [0.15, 0.2) is 11.5 Å². The SMILES string of the molecule is CCCCOc1ccc(C(=O)NC(=Cc2ccc3c(c2)OCO3)C(=O)O)cc1. The lowest BCUT2D eigenvalue weighted by Crippen LogP contribution is -2.27. The highest BCUT2D eigenvalue weighted by Crippen LogP contribution is 2.33. The fourth-order valence-corrected chi connectivity index (χ4v) is 2.55. The van der Waals surface area contributed by atoms with Crippen LogP contribution in [-0.4, -0.2) is 30.4 Å². The Morgan fingerprint density at radius 3 is 2.61 bits per heavy atom. The maximum Gasteiger partial charge on any atom is 0.352 e. The van der Waals surface area contributed by atoms with Crippen molar-refractivity contribution >= 4 is 18.0 Å². The van der Waals surface area contributed by atoms with Crippen molar-refractivity contribution in [3.8, 4) is 17.2 Å². The second-order valence-electron chi connectivity index (χ2n) is 6.16. The fourth-order valence-electron chi connectivity index (χ4n) is 2.55. The molecule has 0 unspecified atom stereocenters. The Hall–Kier alpha value is -3.48. The summed E-state index contributed by atoms with van der Waals surface area (Å²) < 4.78 is 16.1. The Morgan fingerprint density at radius 2 is 1.89 bits per heavy atom. The highest BCUT2D eigenvalue weighted by Gasteiger charge is 2.16. The molecule has 3 rings (SSSR count). The second kappa shape index (κ2) is 8.94. The van der Waals surface area contributed by atoms with Gasteiger partial charge in [0.1, 0.15) is 11.4 Å². The van der Waals surface area contributed by atoms with Crippen LogP contribution in [0.3, 0.4) is 0 Å². The average molecular weight is 383 g/mol. The van der Waals surface area contributed by atoms with Gasteiger partial charge in [-0.15, -0.1) is 0 Å². The third kappa shape index (κ3) is 4.82. The topological polar surface area (TPSA) is 94.1 Å². The highest BCUT2D eigenvalue weighted by atomic mass is 16.7. The molecule has 1 amide bonds. The van der Waals surface area contributed by atoms with E-state index in [1.54, 1.807) is 42.5 Å². The van der Waals surface area contributed by atoms with Crippen LogP contribution >= 0.6 is 0 Å². The first kappa shape index (κ1) is 19.3. The molecule has 0 aromatic heterocycles. The molecule has 0 atom stereocenters. The Labute approximate surface area is 162 Å². The number of rotatable bonds is 8. The normalized spacial score (nSPS) is 12.5. The summed E-state index contributed by atoms with van der Waals surface area (Å²) in [5.41, 5.74) is 0.662. The number of ether oxygens (including phenoxy) is 3. The van der Waals surface area contributed by atoms with E-state index in [0.717, 1.165) is 12.8 Å². The number of unbranched alkanes of at least 4 members (excludes halogenated alkanes) is 1. The fraction of sp³-hybridized carbons (Fsp3) is 0.238. The van der Waals surface area contributed by atoms with Crippen LogP contribution in [0.2, 0.25) is 0 Å². The molecule has 2 N–H and O–H groups in total. The molecule has 7 nitrogen and oxygen atoms in total. The smallest absolute Gasteiger partial charge is 0.352 e. The minimum atomic E-state index is -1.24. The Balaban J connectivity index is 1.70. The maximum atomic E-state index is 12.4. The molecule has 2 aromatic rings. The number of carbonyl (C=O) groups is 2. The third-order valence-corrected chi connectivity index (χ3v) is 4.07. The van der Waals surface area contributed by atoms with Crippen molar-refractivity contribution < 1.29 is 28.9 Å². The van der Waals surface area contributed by atoms with Crippen LogP contribution < -0.4 is 19.5 Å². The Kier molecular flexibility index (Phi) is 6.16. The van der Waals surface area contributed by atoms with Crippen LogP contribution in [0.1, 0.15) is 35.7 Å². The minimum Gasteiger partial charge on any atom is -0.494 e. The van der Waals surface area contributed by atoms with E-state index in [0.29, 0.717) is 35.0 Å². The van der Waals surface area contributed by atoms with Crippen molar-refractivity contribution in [2.24, 2.45) is 0 Å². The van der Waals surface area contributed by atoms with E-state index in [-0.39, 0.29) is 12.5 Å². The van der Waals surface area contributed by atoms with Gasteiger partial charge in [-0.3, -0.25) is 4.79 Å². The van der Waals surface area contributed by atoms with Crippen molar-refractivity contribution in [1.82, 2.24) is 5.32 Å². The van der Waals surface area contributed by atoms with Crippen molar-refractivity contribution in [3.63, 3.8) is 0 Å². The zero-order valence-corrected chi connectivity index (χ0v) is 15.4. The van der Waals surface area contributed by atoms with Crippen LogP contribution in [-0.2, 0) is 4.79 Å². The van der Waals surface area contributed by atoms with Crippen LogP contribution in [0, 0.1) is 0 Å². The van der Waals surface area contributed by atoms with Gasteiger partial charge < -0.3 is 24.6 Å². The number of carbonyl (C=O) groups excluding carboxylic acids is 1. The minimum absolute atomic E-state index is 0.128. The summed E-state index contributed by atoms with van der Waals surface area (Å²) in [5, 5.41) is 11.9. The first-order valence-corrected chi connectivity index (χ1v) is 8.95. The molecule has 0 radical (unpaired) electrons. The molecule has 146 valence electrons. The molecule has 1 aliphatic rings. The lowest BCUT2D eigenvalue weighted by molar-refractivity contribution is -0.132. The van der Waals surface area contributed by atoms with Crippen molar-refractivity contribution in [1.29, 1.82) is 0 Å². The van der Waals surface area contributed by atoms with E-state index >= 15 is 0 Å². The first-order chi connectivity index (χ1) is 13.6. The van der Waals surface area contributed by atoms with E-state index < -0.39 is 11.9 Å². The van der Waals surface area contributed by atoms with Crippen LogP contribution in [0.5, 0.6) is 17.2 Å². The van der Waals surface area contributed by atoms with Gasteiger partial charge >= 0.3 is 5.97 Å². The van der Waals surface area contributed by atoms with Crippen LogP contribution in [0.4, 0.5) is 0 Å². The lowest BCUT2D eigenvalue weighted by atomic mass is 10.1. The summed E-state index contributed by atoms with van der Waals surface area (Å²) in [7, 11) is 0. The van der Waals surface area contributed by atoms with Crippen molar-refractivity contribution in [2.75, 3.05) is 13.4 Å². The van der Waals surface area contributed by atoms with Gasteiger partial charge in [0, 0.05) is 5.56 Å². The molecule has 7 heteroatoms. The number of hydrogen-bond acceptors (Lipinski definition) is 5. The van der Waals surface area contributed by atoms with Gasteiger partial charge in [-0.25, -0.2) is 4.79 Å². The Morgan fingerprint density at radius 1 is 1.14 bits per heavy atom. The molecule has 0 saturated carbocycles. The van der Waals surface area contributed by atoms with E-state index in [1.165, 1.54) is 6.08 Å². The lowest BCUT2D eigenvalue weighted by Gasteiger charge is -2.08. The van der Waals surface area contributed by atoms with Gasteiger partial charge in [0.25, 0.3) is 5.91 Å². The number of benzene rings is 2. The van der Waals surface area contributed by atoms with E-state index in [1.807, 2.05) is 0 Å². The largest absolute Gasteiger partial charge is 0.494 e. The number of amides is 1. The highest BCUT2D eigenvalue weighted by molar-refractivity contribution is 6.02. The average Bonchev–Trinajstić information content (AvgIpc) is 3.16. The standard InChI is InChI=1S/C21H21NO6/c1-2-3-10-26-16-7-5-15(6-8-16)20(23)22-17(21(24)25)11-14-4-9-18-19(12-14)28-13-27-18/h4-9,11-12H,2-3,10,13H2,1H3,(H,22,23)(H,24,25). The number of hydrogen-bond donors (Lipinski definition) is 2. The number of aliphatic carboxylic acids is 1. The van der Waals surface area contributed by atoms with Crippen LogP contribution in [0.15, 0.2) is 48.2 Å². The summed E-state index contributed by atoms with van der Waals surface area (Å²) in [6, 6.07) is 11.6. The van der Waals surface area contributed by atoms with E-state index in [9.17, 15) is 14.7 Å². The third-order valence-electron chi connectivity index (χ3n) is 4.07. The number of carboxylic acids is 1. The molecular weight excluding hydrogens is 362 g/mol. The molecule has 1 heterocycles. The van der Waals surface area contributed by atoms with Gasteiger partial charge in [0.2, 0.25) is 6.79 Å². The first-order valence-electron chi connectivity index (χ1n) is 8.95. The monoisotopic (exact) mass is 383 g/mol. The van der Waals surface area contributed by atoms with Gasteiger partial charge in [-0.2, -0.15) is 0 Å². The summed E-state index contributed by atoms with van der Waals surface area (Å²) in [6.45, 7) is 2.82. The summed E-state index contributed by atoms with van der Waals surface area (Å²) in [5.74, 6) is 0.0298. The second-order valence-corrected chi connectivity index (χ2v) is 6.16. The van der Waals surface area contributed by atoms with Crippen molar-refractivity contribution in [2.45, 2.75) is 19.8 Å². The zero-order valence-electron chi connectivity index (χ0n) is 15.4. The number of carboxylic acid groups (broad SMARTS) is 1. The molecule has 0 fully saturated rings. The number of nitrogens with one attached hydrogen (secondary N) is 1. The molecule has 28 heavy (non-hydrogen) atoms. The molecule has 1 aliphatic heterocycles.